The van der Waals surface area contributed by atoms with E-state index in [2.05, 4.69) is 17.5 Å². The van der Waals surface area contributed by atoms with Gasteiger partial charge in [-0.25, -0.2) is 13.8 Å². The molecule has 4 aromatic heterocycles. The minimum absolute atomic E-state index is 0.0222. The highest BCUT2D eigenvalue weighted by molar-refractivity contribution is 7.18. The fourth-order valence-corrected chi connectivity index (χ4v) is 7.88. The predicted molar refractivity (Wildman–Crippen MR) is 187 cm³/mol. The highest BCUT2D eigenvalue weighted by Crippen LogP contribution is 2.47. The second-order valence-corrected chi connectivity index (χ2v) is 13.4. The summed E-state index contributed by atoms with van der Waals surface area (Å²) in [5.41, 5.74) is 5.63. The first-order valence-electron chi connectivity index (χ1n) is 16.6. The maximum atomic E-state index is 16.1. The summed E-state index contributed by atoms with van der Waals surface area (Å²) in [6, 6.07) is 7.62. The molecular weight excluding hydrogens is 666 g/mol. The highest BCUT2D eigenvalue weighted by Gasteiger charge is 2.31. The lowest BCUT2D eigenvalue weighted by atomic mass is 9.95. The van der Waals surface area contributed by atoms with Gasteiger partial charge in [-0.3, -0.25) is 23.8 Å². The summed E-state index contributed by atoms with van der Waals surface area (Å²) in [6.07, 6.45) is 4.37. The SMILES string of the molecule is C=CC(=O)N1CCn2nc(-c3nc(-c4cnc5c(c4)CN(CCCF)CC5)c4ccsc4c3-c3c(F)cc(F)cc3OCCOC)cc2[C@H]1C. The van der Waals surface area contributed by atoms with Crippen LogP contribution < -0.4 is 4.74 Å². The van der Waals surface area contributed by atoms with Crippen LogP contribution in [0.15, 0.2) is 54.6 Å². The van der Waals surface area contributed by atoms with Crippen LogP contribution in [-0.2, 0) is 29.0 Å². The van der Waals surface area contributed by atoms with Crippen molar-refractivity contribution in [2.75, 3.05) is 46.6 Å². The lowest BCUT2D eigenvalue weighted by molar-refractivity contribution is -0.129. The number of thiophene rings is 1. The molecule has 7 rings (SSSR count). The Bertz CT molecular complexity index is 2080. The second kappa shape index (κ2) is 14.3. The van der Waals surface area contributed by atoms with Crippen molar-refractivity contribution in [3.05, 3.63) is 83.1 Å². The summed E-state index contributed by atoms with van der Waals surface area (Å²) < 4.78 is 57.5. The average Bonchev–Trinajstić information content (AvgIpc) is 3.79. The zero-order chi connectivity index (χ0) is 34.9. The molecule has 0 aliphatic carbocycles. The Labute approximate surface area is 292 Å². The first-order valence-corrected chi connectivity index (χ1v) is 17.5. The highest BCUT2D eigenvalue weighted by atomic mass is 32.1. The van der Waals surface area contributed by atoms with Gasteiger partial charge < -0.3 is 14.4 Å². The lowest BCUT2D eigenvalue weighted by Gasteiger charge is -2.33. The van der Waals surface area contributed by atoms with Gasteiger partial charge in [-0.15, -0.1) is 11.3 Å². The van der Waals surface area contributed by atoms with Crippen LogP contribution in [0.4, 0.5) is 13.2 Å². The number of ether oxygens (including phenoxy) is 2. The molecule has 0 spiro atoms. The number of pyridine rings is 2. The van der Waals surface area contributed by atoms with Gasteiger partial charge >= 0.3 is 0 Å². The number of halogens is 3. The maximum absolute atomic E-state index is 16.1. The Morgan fingerprint density at radius 3 is 2.78 bits per heavy atom. The Morgan fingerprint density at radius 2 is 1.98 bits per heavy atom. The minimum Gasteiger partial charge on any atom is -0.490 e. The number of hydrogen-bond donors (Lipinski definition) is 0. The van der Waals surface area contributed by atoms with Crippen LogP contribution in [0.5, 0.6) is 5.75 Å². The third kappa shape index (κ3) is 6.29. The number of carbonyl (C=O) groups excluding carboxylic acids is 1. The number of benzene rings is 1. The molecule has 9 nitrogen and oxygen atoms in total. The van der Waals surface area contributed by atoms with E-state index < -0.39 is 11.6 Å². The van der Waals surface area contributed by atoms with Gasteiger partial charge in [0.15, 0.2) is 0 Å². The van der Waals surface area contributed by atoms with Crippen molar-refractivity contribution in [2.24, 2.45) is 0 Å². The molecule has 1 amide bonds. The molecule has 1 aromatic carbocycles. The van der Waals surface area contributed by atoms with Crippen LogP contribution >= 0.6 is 11.3 Å². The van der Waals surface area contributed by atoms with Gasteiger partial charge in [-0.1, -0.05) is 6.58 Å². The lowest BCUT2D eigenvalue weighted by Crippen LogP contribution is -2.40. The molecule has 2 aliphatic rings. The molecule has 50 heavy (non-hydrogen) atoms. The molecule has 5 aromatic rings. The molecule has 0 N–H and O–H groups in total. The molecule has 6 heterocycles. The van der Waals surface area contributed by atoms with Crippen molar-refractivity contribution in [3.8, 4) is 39.5 Å². The molecule has 260 valence electrons. The first-order chi connectivity index (χ1) is 24.3. The number of aromatic nitrogens is 4. The van der Waals surface area contributed by atoms with Crippen molar-refractivity contribution in [1.82, 2.24) is 29.5 Å². The van der Waals surface area contributed by atoms with Crippen LogP contribution in [0, 0.1) is 11.6 Å². The quantitative estimate of drug-likeness (QED) is 0.108. The normalized spacial score (nSPS) is 16.0. The number of methoxy groups -OCH3 is 1. The van der Waals surface area contributed by atoms with E-state index >= 15 is 4.39 Å². The van der Waals surface area contributed by atoms with E-state index in [1.165, 1.54) is 30.6 Å². The summed E-state index contributed by atoms with van der Waals surface area (Å²) in [6.45, 7) is 8.57. The van der Waals surface area contributed by atoms with E-state index in [-0.39, 0.29) is 43.2 Å². The van der Waals surface area contributed by atoms with E-state index in [1.54, 1.807) is 4.90 Å². The summed E-state index contributed by atoms with van der Waals surface area (Å²) in [5.74, 6) is -1.73. The van der Waals surface area contributed by atoms with Crippen LogP contribution in [0.2, 0.25) is 0 Å². The molecule has 13 heteroatoms. The molecule has 0 unspecified atom stereocenters. The molecule has 0 saturated carbocycles. The number of rotatable bonds is 11. The largest absolute Gasteiger partial charge is 0.490 e. The molecule has 0 bridgehead atoms. The smallest absolute Gasteiger partial charge is 0.246 e. The Morgan fingerprint density at radius 1 is 1.12 bits per heavy atom. The molecular formula is C37H37F3N6O3S. The first kappa shape index (κ1) is 33.9. The monoisotopic (exact) mass is 702 g/mol. The van der Waals surface area contributed by atoms with Crippen molar-refractivity contribution in [3.63, 3.8) is 0 Å². The maximum Gasteiger partial charge on any atom is 0.246 e. The zero-order valence-electron chi connectivity index (χ0n) is 27.9. The van der Waals surface area contributed by atoms with Gasteiger partial charge in [0.2, 0.25) is 5.91 Å². The molecule has 0 fully saturated rings. The van der Waals surface area contributed by atoms with Gasteiger partial charge in [0.25, 0.3) is 0 Å². The fraction of sp³-hybridized carbons (Fsp3) is 0.351. The minimum atomic E-state index is -0.799. The van der Waals surface area contributed by atoms with Gasteiger partial charge in [0, 0.05) is 84.9 Å². The standard InChI is InChI=1S/C37H37F3N6O3S/c1-4-32(47)45-11-12-46-30(22(45)2)19-29(43-46)36-34(33-27(40)17-25(39)18-31(33)49-14-13-48-3)37-26(7-15-50-37)35(42-36)23-16-24-21-44(9-5-8-38)10-6-28(24)41-20-23/h4,7,15-20,22H,1,5-6,8-14,21H2,2-3H3/t22-/m1/s1. The number of hydrogen-bond acceptors (Lipinski definition) is 8. The van der Waals surface area contributed by atoms with Crippen molar-refractivity contribution in [2.45, 2.75) is 38.9 Å². The van der Waals surface area contributed by atoms with Crippen LogP contribution in [0.1, 0.15) is 36.3 Å². The van der Waals surface area contributed by atoms with Crippen LogP contribution in [0.25, 0.3) is 43.9 Å². The van der Waals surface area contributed by atoms with E-state index in [9.17, 15) is 13.6 Å². The summed E-state index contributed by atoms with van der Waals surface area (Å²) >= 11 is 1.41. The number of fused-ring (bicyclic) bond motifs is 3. The van der Waals surface area contributed by atoms with E-state index in [0.717, 1.165) is 51.6 Å². The van der Waals surface area contributed by atoms with Crippen LogP contribution in [-0.4, -0.2) is 82.1 Å². The van der Waals surface area contributed by atoms with E-state index in [4.69, 9.17) is 24.5 Å². The Kier molecular flexibility index (Phi) is 9.71. The third-order valence-corrected chi connectivity index (χ3v) is 10.3. The second-order valence-electron chi connectivity index (χ2n) is 12.4. The summed E-state index contributed by atoms with van der Waals surface area (Å²) in [5, 5.41) is 7.64. The summed E-state index contributed by atoms with van der Waals surface area (Å²) in [7, 11) is 1.52. The number of carbonyl (C=O) groups is 1. The van der Waals surface area contributed by atoms with Crippen molar-refractivity contribution in [1.29, 1.82) is 0 Å². The summed E-state index contributed by atoms with van der Waals surface area (Å²) in [4.78, 5) is 26.7. The molecule has 0 radical (unpaired) electrons. The molecule has 0 saturated heterocycles. The predicted octanol–water partition coefficient (Wildman–Crippen LogP) is 7.00. The van der Waals surface area contributed by atoms with Gasteiger partial charge in [-0.05, 0) is 48.6 Å². The third-order valence-electron chi connectivity index (χ3n) is 9.38. The van der Waals surface area contributed by atoms with Crippen LogP contribution in [0.3, 0.4) is 0 Å². The Balaban J connectivity index is 1.44. The fourth-order valence-electron chi connectivity index (χ4n) is 6.93. The van der Waals surface area contributed by atoms with Crippen molar-refractivity contribution >= 4 is 27.3 Å². The zero-order valence-corrected chi connectivity index (χ0v) is 28.7. The van der Waals surface area contributed by atoms with Gasteiger partial charge in [0.05, 0.1) is 42.8 Å². The average molecular weight is 703 g/mol. The Hall–Kier alpha value is -4.59. The molecule has 2 aliphatic heterocycles. The van der Waals surface area contributed by atoms with Gasteiger partial charge in [-0.2, -0.15) is 5.10 Å². The molecule has 1 atom stereocenters. The van der Waals surface area contributed by atoms with Gasteiger partial charge in [0.1, 0.15) is 35.4 Å². The van der Waals surface area contributed by atoms with E-state index in [1.807, 2.05) is 35.3 Å². The van der Waals surface area contributed by atoms with Crippen molar-refractivity contribution < 1.29 is 27.4 Å². The topological polar surface area (TPSA) is 85.6 Å². The van der Waals surface area contributed by atoms with E-state index in [0.29, 0.717) is 55.2 Å². The number of nitrogens with zero attached hydrogens (tertiary/aromatic N) is 6. The number of alkyl halides is 1. The number of amides is 1.